The van der Waals surface area contributed by atoms with Crippen molar-refractivity contribution >= 4 is 20.8 Å². The molecule has 9 heteroatoms. The van der Waals surface area contributed by atoms with Gasteiger partial charge in [-0.3, -0.25) is 4.98 Å². The summed E-state index contributed by atoms with van der Waals surface area (Å²) in [5.74, 6) is 1.27. The van der Waals surface area contributed by atoms with Crippen LogP contribution in [0.15, 0.2) is 59.6 Å². The van der Waals surface area contributed by atoms with E-state index >= 15 is 0 Å². The number of methoxy groups -OCH3 is 1. The summed E-state index contributed by atoms with van der Waals surface area (Å²) in [5.41, 5.74) is 0.758. The summed E-state index contributed by atoms with van der Waals surface area (Å²) in [6, 6.07) is 14.0. The molecule has 4 rings (SSSR count). The second-order valence-corrected chi connectivity index (χ2v) is 9.49. The van der Waals surface area contributed by atoms with Crippen molar-refractivity contribution in [3.05, 3.63) is 54.7 Å². The summed E-state index contributed by atoms with van der Waals surface area (Å²) >= 11 is 0. The van der Waals surface area contributed by atoms with Crippen LogP contribution >= 0.6 is 0 Å². The summed E-state index contributed by atoms with van der Waals surface area (Å²) in [7, 11) is -1.57. The van der Waals surface area contributed by atoms with Gasteiger partial charge in [0.25, 0.3) is 0 Å². The lowest BCUT2D eigenvalue weighted by Gasteiger charge is -2.18. The van der Waals surface area contributed by atoms with Crippen LogP contribution in [-0.4, -0.2) is 41.3 Å². The van der Waals surface area contributed by atoms with E-state index in [-0.39, 0.29) is 12.6 Å². The van der Waals surface area contributed by atoms with Crippen LogP contribution in [0.3, 0.4) is 0 Å². The Labute approximate surface area is 181 Å². The average Bonchev–Trinajstić information content (AvgIpc) is 3.11. The smallest absolute Gasteiger partial charge is 0.163 e. The summed E-state index contributed by atoms with van der Waals surface area (Å²) in [6.07, 6.45) is 1.42. The molecule has 0 amide bonds. The Morgan fingerprint density at radius 2 is 1.94 bits per heavy atom. The highest BCUT2D eigenvalue weighted by Crippen LogP contribution is 2.31. The molecule has 3 aromatic rings. The van der Waals surface area contributed by atoms with Crippen molar-refractivity contribution in [2.24, 2.45) is 0 Å². The van der Waals surface area contributed by atoms with Gasteiger partial charge in [0.1, 0.15) is 27.2 Å². The van der Waals surface area contributed by atoms with E-state index in [0.717, 1.165) is 16.7 Å². The fourth-order valence-corrected chi connectivity index (χ4v) is 4.41. The maximum atomic E-state index is 12.8. The number of pyridine rings is 1. The van der Waals surface area contributed by atoms with Crippen LogP contribution in [0.5, 0.6) is 17.2 Å². The highest BCUT2D eigenvalue weighted by Gasteiger charge is 2.32. The minimum atomic E-state index is -3.18. The Morgan fingerprint density at radius 1 is 1.19 bits per heavy atom. The molecule has 1 unspecified atom stereocenters. The summed E-state index contributed by atoms with van der Waals surface area (Å²) in [5, 5.41) is 0.847. The minimum absolute atomic E-state index is 0.248. The van der Waals surface area contributed by atoms with Gasteiger partial charge in [0.05, 0.1) is 30.2 Å². The number of rotatable bonds is 7. The standard InChI is InChI=1S/C22H25N3O5S/c1-22(2)28-14-17(30-22)13-25-31(23,26)18-7-4-15(5-8-18)29-21-10-11-24-20-12-16(27-3)6-9-19(20)21/h4-12,17H,13-14H2,1-3H3,(H2,23,25,26)/t17-,31?/m1/s1. The summed E-state index contributed by atoms with van der Waals surface area (Å²) in [6.45, 7) is 4.31. The molecule has 1 saturated heterocycles. The zero-order chi connectivity index (χ0) is 22.1. The third-order valence-electron chi connectivity index (χ3n) is 4.87. The first-order valence-electron chi connectivity index (χ1n) is 9.82. The molecule has 0 radical (unpaired) electrons. The van der Waals surface area contributed by atoms with E-state index in [1.807, 2.05) is 32.0 Å². The maximum Gasteiger partial charge on any atom is 0.163 e. The largest absolute Gasteiger partial charge is 0.497 e. The second kappa shape index (κ2) is 8.43. The summed E-state index contributed by atoms with van der Waals surface area (Å²) in [4.78, 5) is 4.71. The molecule has 0 saturated carbocycles. The molecule has 0 spiro atoms. The monoisotopic (exact) mass is 443 g/mol. The number of benzene rings is 2. The van der Waals surface area contributed by atoms with Crippen molar-refractivity contribution in [2.75, 3.05) is 20.3 Å². The third kappa shape index (κ3) is 4.96. The lowest BCUT2D eigenvalue weighted by molar-refractivity contribution is -0.137. The van der Waals surface area contributed by atoms with Crippen LogP contribution in [0.1, 0.15) is 13.8 Å². The number of hydrogen-bond donors (Lipinski definition) is 2. The number of aromatic nitrogens is 1. The number of ether oxygens (including phenoxy) is 4. The van der Waals surface area contributed by atoms with Crippen molar-refractivity contribution in [2.45, 2.75) is 30.6 Å². The molecule has 1 fully saturated rings. The number of hydrogen-bond acceptors (Lipinski definition) is 7. The van der Waals surface area contributed by atoms with Gasteiger partial charge in [0.15, 0.2) is 5.79 Å². The molecular formula is C22H25N3O5S. The Hall–Kier alpha value is -2.72. The Kier molecular flexibility index (Phi) is 5.85. The second-order valence-electron chi connectivity index (χ2n) is 7.62. The maximum absolute atomic E-state index is 12.8. The van der Waals surface area contributed by atoms with Gasteiger partial charge < -0.3 is 18.9 Å². The first-order chi connectivity index (χ1) is 14.8. The zero-order valence-electron chi connectivity index (χ0n) is 17.6. The minimum Gasteiger partial charge on any atom is -0.497 e. The average molecular weight is 444 g/mol. The molecule has 2 aromatic carbocycles. The van der Waals surface area contributed by atoms with Crippen molar-refractivity contribution < 1.29 is 23.2 Å². The highest BCUT2D eigenvalue weighted by atomic mass is 32.2. The van der Waals surface area contributed by atoms with Gasteiger partial charge in [-0.25, -0.2) is 13.7 Å². The highest BCUT2D eigenvalue weighted by molar-refractivity contribution is 7.90. The van der Waals surface area contributed by atoms with E-state index in [2.05, 4.69) is 9.71 Å². The number of nitrogens with one attached hydrogen (secondary N) is 2. The fraction of sp³-hybridized carbons (Fsp3) is 0.318. The van der Waals surface area contributed by atoms with Crippen LogP contribution in [0.4, 0.5) is 0 Å². The van der Waals surface area contributed by atoms with Gasteiger partial charge in [-0.15, -0.1) is 0 Å². The van der Waals surface area contributed by atoms with Crippen molar-refractivity contribution in [1.29, 1.82) is 4.78 Å². The molecule has 2 heterocycles. The van der Waals surface area contributed by atoms with Gasteiger partial charge >= 0.3 is 0 Å². The molecule has 1 aliphatic heterocycles. The SMILES string of the molecule is COc1ccc2c(Oc3ccc(S(=N)(=O)NC[C@@H]4COC(C)(C)O4)cc3)ccnc2c1. The van der Waals surface area contributed by atoms with Crippen molar-refractivity contribution in [3.8, 4) is 17.2 Å². The lowest BCUT2D eigenvalue weighted by Crippen LogP contribution is -2.33. The molecule has 0 bridgehead atoms. The topological polar surface area (TPSA) is 103 Å². The molecule has 0 aliphatic carbocycles. The Balaban J connectivity index is 1.45. The molecule has 2 N–H and O–H groups in total. The van der Waals surface area contributed by atoms with Gasteiger partial charge in [-0.05, 0) is 56.3 Å². The third-order valence-corrected chi connectivity index (χ3v) is 6.38. The first kappa shape index (κ1) is 21.5. The van der Waals surface area contributed by atoms with E-state index in [0.29, 0.717) is 23.0 Å². The predicted octanol–water partition coefficient (Wildman–Crippen LogP) is 4.10. The van der Waals surface area contributed by atoms with E-state index in [1.54, 1.807) is 43.6 Å². The molecule has 1 aromatic heterocycles. The Bertz CT molecular complexity index is 1180. The number of fused-ring (bicyclic) bond motifs is 1. The van der Waals surface area contributed by atoms with Gasteiger partial charge in [0, 0.05) is 24.2 Å². The normalized spacial score (nSPS) is 19.8. The molecule has 164 valence electrons. The number of nitrogens with zero attached hydrogens (tertiary/aromatic N) is 1. The molecule has 8 nitrogen and oxygen atoms in total. The van der Waals surface area contributed by atoms with Crippen LogP contribution in [-0.2, 0) is 19.4 Å². The van der Waals surface area contributed by atoms with Crippen molar-refractivity contribution in [1.82, 2.24) is 9.71 Å². The zero-order valence-corrected chi connectivity index (χ0v) is 18.4. The lowest BCUT2D eigenvalue weighted by atomic mass is 10.2. The van der Waals surface area contributed by atoms with Gasteiger partial charge in [-0.1, -0.05) is 0 Å². The van der Waals surface area contributed by atoms with E-state index < -0.39 is 15.7 Å². The quantitative estimate of drug-likeness (QED) is 0.570. The van der Waals surface area contributed by atoms with Gasteiger partial charge in [0.2, 0.25) is 0 Å². The van der Waals surface area contributed by atoms with Gasteiger partial charge in [-0.2, -0.15) is 0 Å². The van der Waals surface area contributed by atoms with Crippen LogP contribution < -0.4 is 14.2 Å². The molecule has 1 aliphatic rings. The van der Waals surface area contributed by atoms with Crippen LogP contribution in [0, 0.1) is 4.78 Å². The van der Waals surface area contributed by atoms with E-state index in [9.17, 15) is 4.21 Å². The molecular weight excluding hydrogens is 418 g/mol. The fourth-order valence-electron chi connectivity index (χ4n) is 3.30. The first-order valence-corrected chi connectivity index (χ1v) is 11.4. The predicted molar refractivity (Wildman–Crippen MR) is 117 cm³/mol. The van der Waals surface area contributed by atoms with Crippen LogP contribution in [0.25, 0.3) is 10.9 Å². The molecule has 2 atom stereocenters. The van der Waals surface area contributed by atoms with E-state index in [4.69, 9.17) is 23.7 Å². The van der Waals surface area contributed by atoms with E-state index in [1.165, 1.54) is 0 Å². The Morgan fingerprint density at radius 3 is 2.61 bits per heavy atom. The molecule has 31 heavy (non-hydrogen) atoms. The van der Waals surface area contributed by atoms with Crippen LogP contribution in [0.2, 0.25) is 0 Å². The van der Waals surface area contributed by atoms with Crippen molar-refractivity contribution in [3.63, 3.8) is 0 Å². The summed E-state index contributed by atoms with van der Waals surface area (Å²) < 4.78 is 46.3.